The molecule has 1 amide bonds. The predicted molar refractivity (Wildman–Crippen MR) is 73.2 cm³/mol. The first kappa shape index (κ1) is 13.5. The topological polar surface area (TPSA) is 79.3 Å². The van der Waals surface area contributed by atoms with E-state index >= 15 is 0 Å². The van der Waals surface area contributed by atoms with E-state index in [0.29, 0.717) is 11.4 Å². The Kier molecular flexibility index (Phi) is 3.82. The molecule has 0 saturated carbocycles. The average Bonchev–Trinajstić information content (AvgIpc) is 2.78. The number of nitrogens with one attached hydrogen (secondary N) is 1. The Morgan fingerprint density at radius 1 is 1.42 bits per heavy atom. The van der Waals surface area contributed by atoms with E-state index in [-0.39, 0.29) is 16.5 Å². The van der Waals surface area contributed by atoms with E-state index in [0.717, 1.165) is 5.01 Å². The highest BCUT2D eigenvalue weighted by Gasteiger charge is 2.13. The zero-order valence-corrected chi connectivity index (χ0v) is 11.4. The number of nitrogens with zero attached hydrogens (tertiary/aromatic N) is 1. The van der Waals surface area contributed by atoms with Gasteiger partial charge in [0.15, 0.2) is 0 Å². The highest BCUT2D eigenvalue weighted by Crippen LogP contribution is 2.23. The Balaban J connectivity index is 2.20. The van der Waals surface area contributed by atoms with Crippen LogP contribution in [0.3, 0.4) is 0 Å². The molecule has 0 fully saturated rings. The van der Waals surface area contributed by atoms with Gasteiger partial charge in [0.1, 0.15) is 5.69 Å². The van der Waals surface area contributed by atoms with E-state index in [4.69, 9.17) is 16.7 Å². The quantitative estimate of drug-likeness (QED) is 0.912. The van der Waals surface area contributed by atoms with Crippen LogP contribution in [0.25, 0.3) is 0 Å². The zero-order valence-electron chi connectivity index (χ0n) is 9.81. The second kappa shape index (κ2) is 5.38. The SMILES string of the molecule is Cc1nc(C(=O)Nc2ccc(C(=O)O)cc2Cl)cs1. The van der Waals surface area contributed by atoms with E-state index in [9.17, 15) is 9.59 Å². The van der Waals surface area contributed by atoms with E-state index < -0.39 is 5.97 Å². The third kappa shape index (κ3) is 3.10. The number of carboxylic acid groups (broad SMARTS) is 1. The Morgan fingerprint density at radius 3 is 2.68 bits per heavy atom. The summed E-state index contributed by atoms with van der Waals surface area (Å²) in [7, 11) is 0. The number of hydrogen-bond donors (Lipinski definition) is 2. The number of carboxylic acids is 1. The van der Waals surface area contributed by atoms with Gasteiger partial charge in [0.05, 0.1) is 21.3 Å². The van der Waals surface area contributed by atoms with Crippen molar-refractivity contribution in [3.8, 4) is 0 Å². The molecule has 0 spiro atoms. The number of halogens is 1. The van der Waals surface area contributed by atoms with Crippen LogP contribution < -0.4 is 5.32 Å². The summed E-state index contributed by atoms with van der Waals surface area (Å²) in [5.74, 6) is -1.45. The van der Waals surface area contributed by atoms with Gasteiger partial charge in [-0.05, 0) is 25.1 Å². The molecule has 0 unspecified atom stereocenters. The van der Waals surface area contributed by atoms with Gasteiger partial charge in [-0.2, -0.15) is 0 Å². The number of carbonyl (C=O) groups is 2. The van der Waals surface area contributed by atoms with Gasteiger partial charge in [0, 0.05) is 5.38 Å². The van der Waals surface area contributed by atoms with Gasteiger partial charge in [-0.15, -0.1) is 11.3 Å². The summed E-state index contributed by atoms with van der Waals surface area (Å²) >= 11 is 7.29. The molecule has 0 aliphatic heterocycles. The summed E-state index contributed by atoms with van der Waals surface area (Å²) < 4.78 is 0. The molecule has 1 aromatic carbocycles. The van der Waals surface area contributed by atoms with Crippen LogP contribution in [-0.2, 0) is 0 Å². The number of aromatic nitrogens is 1. The second-order valence-electron chi connectivity index (χ2n) is 3.71. The highest BCUT2D eigenvalue weighted by atomic mass is 35.5. The molecule has 0 aliphatic rings. The molecule has 0 saturated heterocycles. The minimum absolute atomic E-state index is 0.0625. The normalized spacial score (nSPS) is 10.2. The number of aryl methyl sites for hydroxylation is 1. The molecule has 2 rings (SSSR count). The third-order valence-corrected chi connectivity index (χ3v) is 3.40. The fourth-order valence-electron chi connectivity index (χ4n) is 1.40. The lowest BCUT2D eigenvalue weighted by atomic mass is 10.2. The molecule has 7 heteroatoms. The maximum absolute atomic E-state index is 11.9. The van der Waals surface area contributed by atoms with Crippen LogP contribution in [0.15, 0.2) is 23.6 Å². The fourth-order valence-corrected chi connectivity index (χ4v) is 2.22. The standard InChI is InChI=1S/C12H9ClN2O3S/c1-6-14-10(5-19-6)11(16)15-9-3-2-7(12(17)18)4-8(9)13/h2-5H,1H3,(H,15,16)(H,17,18). The average molecular weight is 297 g/mol. The van der Waals surface area contributed by atoms with Gasteiger partial charge in [0.2, 0.25) is 0 Å². The van der Waals surface area contributed by atoms with Gasteiger partial charge in [-0.1, -0.05) is 11.6 Å². The molecule has 2 aromatic rings. The van der Waals surface area contributed by atoms with Crippen molar-refractivity contribution in [2.24, 2.45) is 0 Å². The first-order valence-electron chi connectivity index (χ1n) is 5.23. The molecule has 1 aromatic heterocycles. The molecule has 98 valence electrons. The molecular formula is C12H9ClN2O3S. The summed E-state index contributed by atoms with van der Waals surface area (Å²) in [6, 6.07) is 4.10. The van der Waals surface area contributed by atoms with Gasteiger partial charge >= 0.3 is 5.97 Å². The van der Waals surface area contributed by atoms with Crippen molar-refractivity contribution in [2.75, 3.05) is 5.32 Å². The minimum atomic E-state index is -1.07. The van der Waals surface area contributed by atoms with Crippen molar-refractivity contribution in [1.82, 2.24) is 4.98 Å². The maximum Gasteiger partial charge on any atom is 0.335 e. The number of amides is 1. The lowest BCUT2D eigenvalue weighted by molar-refractivity contribution is 0.0696. The Bertz CT molecular complexity index is 654. The van der Waals surface area contributed by atoms with Crippen LogP contribution in [0.2, 0.25) is 5.02 Å². The number of hydrogen-bond acceptors (Lipinski definition) is 4. The van der Waals surface area contributed by atoms with Crippen molar-refractivity contribution in [1.29, 1.82) is 0 Å². The maximum atomic E-state index is 11.9. The number of thiazole rings is 1. The molecule has 0 bridgehead atoms. The Hall–Kier alpha value is -1.92. The number of rotatable bonds is 3. The molecule has 19 heavy (non-hydrogen) atoms. The van der Waals surface area contributed by atoms with Gasteiger partial charge in [-0.3, -0.25) is 4.79 Å². The van der Waals surface area contributed by atoms with Crippen LogP contribution in [0.5, 0.6) is 0 Å². The number of carbonyl (C=O) groups excluding carboxylic acids is 1. The molecule has 5 nitrogen and oxygen atoms in total. The highest BCUT2D eigenvalue weighted by molar-refractivity contribution is 7.09. The molecule has 0 atom stereocenters. The molecule has 0 radical (unpaired) electrons. The molecule has 1 heterocycles. The molecular weight excluding hydrogens is 288 g/mol. The van der Waals surface area contributed by atoms with Crippen molar-refractivity contribution < 1.29 is 14.7 Å². The van der Waals surface area contributed by atoms with Gasteiger partial charge < -0.3 is 10.4 Å². The number of anilines is 1. The van der Waals surface area contributed by atoms with Crippen LogP contribution >= 0.6 is 22.9 Å². The Morgan fingerprint density at radius 2 is 2.16 bits per heavy atom. The summed E-state index contributed by atoms with van der Waals surface area (Å²) in [5.41, 5.74) is 0.718. The predicted octanol–water partition coefficient (Wildman–Crippen LogP) is 3.06. The van der Waals surface area contributed by atoms with E-state index in [2.05, 4.69) is 10.3 Å². The largest absolute Gasteiger partial charge is 0.478 e. The summed E-state index contributed by atoms with van der Waals surface area (Å²) in [4.78, 5) is 26.7. The molecule has 0 aliphatic carbocycles. The van der Waals surface area contributed by atoms with E-state index in [1.165, 1.54) is 29.5 Å². The third-order valence-electron chi connectivity index (χ3n) is 2.32. The van der Waals surface area contributed by atoms with Crippen molar-refractivity contribution in [3.63, 3.8) is 0 Å². The summed E-state index contributed by atoms with van der Waals surface area (Å²) in [6.07, 6.45) is 0. The van der Waals surface area contributed by atoms with Crippen LogP contribution in [-0.4, -0.2) is 22.0 Å². The summed E-state index contributed by atoms with van der Waals surface area (Å²) in [6.45, 7) is 1.80. The van der Waals surface area contributed by atoms with Crippen LogP contribution in [0.4, 0.5) is 5.69 Å². The van der Waals surface area contributed by atoms with Crippen LogP contribution in [0.1, 0.15) is 25.9 Å². The van der Waals surface area contributed by atoms with Gasteiger partial charge in [0.25, 0.3) is 5.91 Å². The van der Waals surface area contributed by atoms with Crippen LogP contribution in [0, 0.1) is 6.92 Å². The van der Waals surface area contributed by atoms with Gasteiger partial charge in [-0.25, -0.2) is 9.78 Å². The smallest absolute Gasteiger partial charge is 0.335 e. The van der Waals surface area contributed by atoms with E-state index in [1.807, 2.05) is 0 Å². The lowest BCUT2D eigenvalue weighted by Gasteiger charge is -2.06. The number of benzene rings is 1. The lowest BCUT2D eigenvalue weighted by Crippen LogP contribution is -2.13. The molecule has 2 N–H and O–H groups in total. The Labute approximate surface area is 117 Å². The first-order chi connectivity index (χ1) is 8.97. The van der Waals surface area contributed by atoms with Crippen molar-refractivity contribution in [2.45, 2.75) is 6.92 Å². The van der Waals surface area contributed by atoms with Crippen molar-refractivity contribution in [3.05, 3.63) is 44.9 Å². The monoisotopic (exact) mass is 296 g/mol. The first-order valence-corrected chi connectivity index (χ1v) is 6.49. The fraction of sp³-hybridized carbons (Fsp3) is 0.0833. The minimum Gasteiger partial charge on any atom is -0.478 e. The summed E-state index contributed by atoms with van der Waals surface area (Å²) in [5, 5.41) is 14.0. The number of aromatic carboxylic acids is 1. The zero-order chi connectivity index (χ0) is 14.0. The second-order valence-corrected chi connectivity index (χ2v) is 5.18. The van der Waals surface area contributed by atoms with E-state index in [1.54, 1.807) is 12.3 Å². The van der Waals surface area contributed by atoms with Crippen molar-refractivity contribution >= 4 is 40.5 Å².